The molecule has 1 amide bonds. The number of hydrogen-bond donors (Lipinski definition) is 3. The topological polar surface area (TPSA) is 143 Å². The van der Waals surface area contributed by atoms with Crippen LogP contribution >= 0.6 is 0 Å². The van der Waals surface area contributed by atoms with Gasteiger partial charge < -0.3 is 15.4 Å². The van der Waals surface area contributed by atoms with Crippen molar-refractivity contribution in [2.75, 3.05) is 17.7 Å². The summed E-state index contributed by atoms with van der Waals surface area (Å²) < 4.78 is 6.80. The first-order chi connectivity index (χ1) is 15.8. The summed E-state index contributed by atoms with van der Waals surface area (Å²) in [5.41, 5.74) is 9.84. The van der Waals surface area contributed by atoms with E-state index in [0.29, 0.717) is 22.6 Å². The number of carbonyl (C=O) groups excluding carboxylic acids is 1. The summed E-state index contributed by atoms with van der Waals surface area (Å²) in [6.45, 7) is 3.92. The van der Waals surface area contributed by atoms with Gasteiger partial charge in [-0.05, 0) is 37.2 Å². The van der Waals surface area contributed by atoms with Crippen LogP contribution in [-0.4, -0.2) is 32.6 Å². The fourth-order valence-electron chi connectivity index (χ4n) is 5.47. The molecule has 0 spiro atoms. The first-order valence-corrected chi connectivity index (χ1v) is 11.0. The lowest BCUT2D eigenvalue weighted by atomic mass is 9.35. The Hall–Kier alpha value is -3.64. The van der Waals surface area contributed by atoms with Crippen LogP contribution in [0.1, 0.15) is 56.0 Å². The Bertz CT molecular complexity index is 1250. The fraction of sp³-hybridized carbons (Fsp3) is 0.417. The van der Waals surface area contributed by atoms with Crippen LogP contribution in [0.4, 0.5) is 11.7 Å². The van der Waals surface area contributed by atoms with Crippen LogP contribution in [0.5, 0.6) is 0 Å². The van der Waals surface area contributed by atoms with Crippen molar-refractivity contribution >= 4 is 17.6 Å². The molecule has 0 aliphatic heterocycles. The zero-order chi connectivity index (χ0) is 23.4. The zero-order valence-electron chi connectivity index (χ0n) is 18.6. The van der Waals surface area contributed by atoms with Gasteiger partial charge in [-0.2, -0.15) is 10.4 Å². The predicted molar refractivity (Wildman–Crippen MR) is 121 cm³/mol. The normalized spacial score (nSPS) is 23.8. The quantitative estimate of drug-likeness (QED) is 0.506. The molecule has 2 heterocycles. The fourth-order valence-corrected chi connectivity index (χ4v) is 5.47. The smallest absolute Gasteiger partial charge is 0.231 e. The van der Waals surface area contributed by atoms with E-state index in [1.807, 2.05) is 18.2 Å². The van der Waals surface area contributed by atoms with Gasteiger partial charge in [-0.15, -0.1) is 0 Å². The molecule has 9 heteroatoms. The zero-order valence-corrected chi connectivity index (χ0v) is 18.6. The molecular formula is C24H26N6O3. The van der Waals surface area contributed by atoms with Crippen LogP contribution < -0.4 is 11.1 Å². The van der Waals surface area contributed by atoms with Crippen LogP contribution in [-0.2, 0) is 16.6 Å². The monoisotopic (exact) mass is 446 g/mol. The molecule has 1 aromatic carbocycles. The first kappa shape index (κ1) is 21.2. The minimum atomic E-state index is -0.344. The molecule has 3 aliphatic carbocycles. The summed E-state index contributed by atoms with van der Waals surface area (Å²) in [7, 11) is 0. The number of aliphatic hydroxyl groups is 1. The molecule has 1 unspecified atom stereocenters. The van der Waals surface area contributed by atoms with Gasteiger partial charge in [-0.1, -0.05) is 36.3 Å². The molecule has 9 nitrogen and oxygen atoms in total. The molecule has 6 rings (SSSR count). The van der Waals surface area contributed by atoms with Gasteiger partial charge in [0.15, 0.2) is 0 Å². The highest BCUT2D eigenvalue weighted by atomic mass is 16.5. The number of hydrogen-bond acceptors (Lipinski definition) is 7. The summed E-state index contributed by atoms with van der Waals surface area (Å²) in [5, 5.41) is 30.3. The molecule has 170 valence electrons. The van der Waals surface area contributed by atoms with E-state index in [0.717, 1.165) is 30.5 Å². The summed E-state index contributed by atoms with van der Waals surface area (Å²) >= 11 is 0. The van der Waals surface area contributed by atoms with Gasteiger partial charge in [0.2, 0.25) is 11.8 Å². The third-order valence-electron chi connectivity index (χ3n) is 6.94. The SMILES string of the molecule is CC(CO)n1nc(-c2ccc(CC(=O)Nc3cc(C45CC(C)(C4)C5)no3)cc2)c(C#N)c1N. The van der Waals surface area contributed by atoms with E-state index in [4.69, 9.17) is 10.3 Å². The molecule has 3 aromatic rings. The van der Waals surface area contributed by atoms with Gasteiger partial charge in [0.1, 0.15) is 23.1 Å². The number of nitrogen functional groups attached to an aromatic ring is 1. The molecule has 2 bridgehead atoms. The van der Waals surface area contributed by atoms with Gasteiger partial charge in [0, 0.05) is 17.0 Å². The van der Waals surface area contributed by atoms with E-state index in [1.165, 1.54) is 4.68 Å². The molecule has 3 fully saturated rings. The number of aliphatic hydroxyl groups excluding tert-OH is 1. The van der Waals surface area contributed by atoms with Gasteiger partial charge >= 0.3 is 0 Å². The Morgan fingerprint density at radius 2 is 2.06 bits per heavy atom. The number of rotatable bonds is 7. The average molecular weight is 447 g/mol. The van der Waals surface area contributed by atoms with Crippen molar-refractivity contribution in [3.63, 3.8) is 0 Å². The van der Waals surface area contributed by atoms with Crippen molar-refractivity contribution < 1.29 is 14.4 Å². The standard InChI is InChI=1S/C24H26N6O3/c1-14(10-31)30-22(26)17(9-25)21(28-30)16-5-3-15(4-6-16)7-19(32)27-20-8-18(29-33-20)24-11-23(2,12-24)13-24/h3-6,8,14,31H,7,10-13,26H2,1-2H3,(H,27,32). The number of nitrogens with zero attached hydrogens (tertiary/aromatic N) is 4. The number of benzene rings is 1. The minimum Gasteiger partial charge on any atom is -0.394 e. The molecular weight excluding hydrogens is 420 g/mol. The summed E-state index contributed by atoms with van der Waals surface area (Å²) in [6, 6.07) is 10.8. The third-order valence-corrected chi connectivity index (χ3v) is 6.94. The molecule has 1 atom stereocenters. The summed E-state index contributed by atoms with van der Waals surface area (Å²) in [5.74, 6) is 0.397. The van der Waals surface area contributed by atoms with E-state index in [1.54, 1.807) is 19.1 Å². The van der Waals surface area contributed by atoms with E-state index >= 15 is 0 Å². The Labute approximate surface area is 191 Å². The molecule has 33 heavy (non-hydrogen) atoms. The van der Waals surface area contributed by atoms with Crippen LogP contribution in [0.15, 0.2) is 34.9 Å². The number of nitrogens with one attached hydrogen (secondary N) is 1. The van der Waals surface area contributed by atoms with Gasteiger partial charge in [0.05, 0.1) is 24.8 Å². The Kier molecular flexibility index (Phi) is 4.79. The lowest BCUT2D eigenvalue weighted by Crippen LogP contribution is -2.62. The van der Waals surface area contributed by atoms with E-state index < -0.39 is 0 Å². The van der Waals surface area contributed by atoms with Gasteiger partial charge in [-0.3, -0.25) is 10.1 Å². The number of carbonyl (C=O) groups is 1. The lowest BCUT2D eigenvalue weighted by molar-refractivity contribution is -0.129. The minimum absolute atomic E-state index is 0.142. The van der Waals surface area contributed by atoms with Crippen molar-refractivity contribution in [2.45, 2.75) is 51.0 Å². The average Bonchev–Trinajstić information content (AvgIpc) is 3.34. The second-order valence-electron chi connectivity index (χ2n) is 9.82. The van der Waals surface area contributed by atoms with Crippen molar-refractivity contribution in [1.82, 2.24) is 14.9 Å². The van der Waals surface area contributed by atoms with Crippen molar-refractivity contribution in [3.05, 3.63) is 47.2 Å². The number of nitriles is 1. The van der Waals surface area contributed by atoms with Gasteiger partial charge in [0.25, 0.3) is 0 Å². The molecule has 0 radical (unpaired) electrons. The third kappa shape index (κ3) is 3.47. The Morgan fingerprint density at radius 3 is 2.67 bits per heavy atom. The summed E-state index contributed by atoms with van der Waals surface area (Å²) in [6.07, 6.45) is 3.59. The first-order valence-electron chi connectivity index (χ1n) is 11.0. The van der Waals surface area contributed by atoms with Crippen LogP contribution in [0.2, 0.25) is 0 Å². The Morgan fingerprint density at radius 1 is 1.36 bits per heavy atom. The van der Waals surface area contributed by atoms with Gasteiger partial charge in [-0.25, -0.2) is 4.68 Å². The van der Waals surface area contributed by atoms with Crippen molar-refractivity contribution in [1.29, 1.82) is 5.26 Å². The van der Waals surface area contributed by atoms with E-state index in [-0.39, 0.29) is 41.8 Å². The number of aromatic nitrogens is 3. The lowest BCUT2D eigenvalue weighted by Gasteiger charge is -2.68. The predicted octanol–water partition coefficient (Wildman–Crippen LogP) is 3.17. The molecule has 4 N–H and O–H groups in total. The van der Waals surface area contributed by atoms with E-state index in [9.17, 15) is 15.2 Å². The number of nitrogens with two attached hydrogens (primary N) is 1. The molecule has 2 aromatic heterocycles. The second-order valence-corrected chi connectivity index (χ2v) is 9.82. The number of anilines is 2. The highest BCUT2D eigenvalue weighted by Crippen LogP contribution is 2.73. The van der Waals surface area contributed by atoms with E-state index in [2.05, 4.69) is 28.6 Å². The summed E-state index contributed by atoms with van der Waals surface area (Å²) in [4.78, 5) is 12.5. The maximum absolute atomic E-state index is 12.5. The molecule has 0 saturated heterocycles. The maximum atomic E-state index is 12.5. The highest BCUT2D eigenvalue weighted by molar-refractivity contribution is 5.91. The van der Waals surface area contributed by atoms with Crippen molar-refractivity contribution in [3.8, 4) is 17.3 Å². The van der Waals surface area contributed by atoms with Crippen LogP contribution in [0.25, 0.3) is 11.3 Å². The maximum Gasteiger partial charge on any atom is 0.231 e. The van der Waals surface area contributed by atoms with Crippen LogP contribution in [0, 0.1) is 16.7 Å². The largest absolute Gasteiger partial charge is 0.394 e. The van der Waals surface area contributed by atoms with Crippen molar-refractivity contribution in [2.24, 2.45) is 5.41 Å². The second kappa shape index (κ2) is 7.46. The molecule has 3 saturated carbocycles. The molecule has 3 aliphatic rings. The number of amides is 1. The highest BCUT2D eigenvalue weighted by Gasteiger charge is 2.66. The Balaban J connectivity index is 1.25. The van der Waals surface area contributed by atoms with Crippen LogP contribution in [0.3, 0.4) is 0 Å².